The first kappa shape index (κ1) is 9.77. The SMILES string of the molecule is CN1CCC2CCC(NC(N)=O)CC21. The van der Waals surface area contributed by atoms with Crippen molar-refractivity contribution in [3.63, 3.8) is 0 Å². The highest BCUT2D eigenvalue weighted by Gasteiger charge is 2.37. The third kappa shape index (κ3) is 1.85. The number of nitrogens with zero attached hydrogens (tertiary/aromatic N) is 1. The number of nitrogens with two attached hydrogens (primary N) is 1. The Hall–Kier alpha value is -0.770. The highest BCUT2D eigenvalue weighted by Crippen LogP contribution is 2.35. The number of amides is 2. The minimum absolute atomic E-state index is 0.300. The largest absolute Gasteiger partial charge is 0.352 e. The Labute approximate surface area is 84.8 Å². The Morgan fingerprint density at radius 3 is 2.93 bits per heavy atom. The fourth-order valence-corrected chi connectivity index (χ4v) is 2.95. The van der Waals surface area contributed by atoms with E-state index >= 15 is 0 Å². The molecule has 2 rings (SSSR count). The summed E-state index contributed by atoms with van der Waals surface area (Å²) in [5, 5.41) is 2.83. The van der Waals surface area contributed by atoms with Gasteiger partial charge < -0.3 is 16.0 Å². The molecule has 14 heavy (non-hydrogen) atoms. The second-order valence-electron chi connectivity index (χ2n) is 4.62. The van der Waals surface area contributed by atoms with E-state index in [0.717, 1.165) is 18.8 Å². The van der Waals surface area contributed by atoms with Crippen molar-refractivity contribution < 1.29 is 4.79 Å². The number of carbonyl (C=O) groups is 1. The smallest absolute Gasteiger partial charge is 0.312 e. The molecule has 1 heterocycles. The molecule has 3 atom stereocenters. The molecule has 0 radical (unpaired) electrons. The minimum atomic E-state index is -0.380. The zero-order valence-corrected chi connectivity index (χ0v) is 8.70. The quantitative estimate of drug-likeness (QED) is 0.644. The molecule has 2 fully saturated rings. The summed E-state index contributed by atoms with van der Waals surface area (Å²) in [5.41, 5.74) is 5.13. The van der Waals surface area contributed by atoms with E-state index in [-0.39, 0.29) is 6.03 Å². The number of likely N-dealkylation sites (tertiary alicyclic amines) is 1. The van der Waals surface area contributed by atoms with Crippen LogP contribution in [0.3, 0.4) is 0 Å². The Kier molecular flexibility index (Phi) is 2.63. The van der Waals surface area contributed by atoms with Gasteiger partial charge in [-0.15, -0.1) is 0 Å². The van der Waals surface area contributed by atoms with Gasteiger partial charge in [0.05, 0.1) is 0 Å². The van der Waals surface area contributed by atoms with Crippen LogP contribution in [-0.4, -0.2) is 36.6 Å². The Morgan fingerprint density at radius 1 is 1.43 bits per heavy atom. The highest BCUT2D eigenvalue weighted by molar-refractivity contribution is 5.71. The Morgan fingerprint density at radius 2 is 2.21 bits per heavy atom. The van der Waals surface area contributed by atoms with Crippen LogP contribution in [0.1, 0.15) is 25.7 Å². The minimum Gasteiger partial charge on any atom is -0.352 e. The molecule has 2 amide bonds. The topological polar surface area (TPSA) is 58.4 Å². The molecule has 0 aromatic rings. The van der Waals surface area contributed by atoms with Gasteiger partial charge in [-0.05, 0) is 45.2 Å². The maximum absolute atomic E-state index is 10.7. The first-order valence-corrected chi connectivity index (χ1v) is 5.43. The molecule has 0 aromatic carbocycles. The monoisotopic (exact) mass is 197 g/mol. The van der Waals surface area contributed by atoms with E-state index in [0.29, 0.717) is 12.1 Å². The Balaban J connectivity index is 1.91. The molecule has 0 spiro atoms. The van der Waals surface area contributed by atoms with Gasteiger partial charge in [0.25, 0.3) is 0 Å². The van der Waals surface area contributed by atoms with Crippen LogP contribution < -0.4 is 11.1 Å². The van der Waals surface area contributed by atoms with E-state index in [4.69, 9.17) is 5.73 Å². The van der Waals surface area contributed by atoms with Crippen molar-refractivity contribution in [1.29, 1.82) is 0 Å². The Bertz CT molecular complexity index is 231. The number of primary amides is 1. The van der Waals surface area contributed by atoms with Crippen molar-refractivity contribution in [2.24, 2.45) is 11.7 Å². The molecule has 3 N–H and O–H groups in total. The number of rotatable bonds is 1. The standard InChI is InChI=1S/C10H19N3O/c1-13-5-4-7-2-3-8(6-9(7)13)12-10(11)14/h7-9H,2-6H2,1H3,(H3,11,12,14). The molecule has 1 aliphatic heterocycles. The van der Waals surface area contributed by atoms with Gasteiger partial charge in [0.1, 0.15) is 0 Å². The second-order valence-corrected chi connectivity index (χ2v) is 4.62. The summed E-state index contributed by atoms with van der Waals surface area (Å²) in [4.78, 5) is 13.2. The third-order valence-corrected chi connectivity index (χ3v) is 3.72. The maximum atomic E-state index is 10.7. The zero-order chi connectivity index (χ0) is 10.1. The summed E-state index contributed by atoms with van der Waals surface area (Å²) in [5.74, 6) is 0.853. The molecule has 4 nitrogen and oxygen atoms in total. The van der Waals surface area contributed by atoms with Crippen LogP contribution in [0.15, 0.2) is 0 Å². The highest BCUT2D eigenvalue weighted by atomic mass is 16.2. The summed E-state index contributed by atoms with van der Waals surface area (Å²) in [6.45, 7) is 1.21. The number of carbonyl (C=O) groups excluding carboxylic acids is 1. The predicted octanol–water partition coefficient (Wildman–Crippen LogP) is 0.528. The first-order chi connectivity index (χ1) is 6.66. The molecular weight excluding hydrogens is 178 g/mol. The van der Waals surface area contributed by atoms with Crippen LogP contribution in [0.5, 0.6) is 0 Å². The van der Waals surface area contributed by atoms with Gasteiger partial charge in [0.15, 0.2) is 0 Å². The van der Waals surface area contributed by atoms with E-state index < -0.39 is 0 Å². The summed E-state index contributed by atoms with van der Waals surface area (Å²) in [6.07, 6.45) is 4.73. The van der Waals surface area contributed by atoms with Crippen LogP contribution in [-0.2, 0) is 0 Å². The van der Waals surface area contributed by atoms with Crippen LogP contribution in [0.25, 0.3) is 0 Å². The average Bonchev–Trinajstić information content (AvgIpc) is 2.47. The molecular formula is C10H19N3O. The molecule has 1 saturated carbocycles. The molecule has 80 valence electrons. The van der Waals surface area contributed by atoms with E-state index in [2.05, 4.69) is 17.3 Å². The number of nitrogens with one attached hydrogen (secondary N) is 1. The van der Waals surface area contributed by atoms with Gasteiger partial charge in [-0.2, -0.15) is 0 Å². The van der Waals surface area contributed by atoms with Crippen molar-refractivity contribution in [3.8, 4) is 0 Å². The average molecular weight is 197 g/mol. The molecule has 0 aromatic heterocycles. The lowest BCUT2D eigenvalue weighted by Crippen LogP contribution is -2.46. The number of fused-ring (bicyclic) bond motifs is 1. The van der Waals surface area contributed by atoms with Crippen molar-refractivity contribution in [2.75, 3.05) is 13.6 Å². The van der Waals surface area contributed by atoms with Crippen LogP contribution in [0.4, 0.5) is 4.79 Å². The van der Waals surface area contributed by atoms with Crippen LogP contribution >= 0.6 is 0 Å². The van der Waals surface area contributed by atoms with Crippen molar-refractivity contribution in [2.45, 2.75) is 37.8 Å². The van der Waals surface area contributed by atoms with E-state index in [1.54, 1.807) is 0 Å². The lowest BCUT2D eigenvalue weighted by Gasteiger charge is -2.34. The van der Waals surface area contributed by atoms with Crippen LogP contribution in [0.2, 0.25) is 0 Å². The fraction of sp³-hybridized carbons (Fsp3) is 0.900. The van der Waals surface area contributed by atoms with E-state index in [9.17, 15) is 4.79 Å². The first-order valence-electron chi connectivity index (χ1n) is 5.43. The van der Waals surface area contributed by atoms with Gasteiger partial charge in [-0.1, -0.05) is 0 Å². The number of urea groups is 1. The summed E-state index contributed by atoms with van der Waals surface area (Å²) in [7, 11) is 2.18. The predicted molar refractivity (Wildman–Crippen MR) is 54.9 cm³/mol. The van der Waals surface area contributed by atoms with Crippen molar-refractivity contribution in [1.82, 2.24) is 10.2 Å². The van der Waals surface area contributed by atoms with Crippen molar-refractivity contribution >= 4 is 6.03 Å². The van der Waals surface area contributed by atoms with Gasteiger partial charge in [-0.3, -0.25) is 0 Å². The molecule has 3 unspecified atom stereocenters. The number of hydrogen-bond acceptors (Lipinski definition) is 2. The van der Waals surface area contributed by atoms with E-state index in [1.807, 2.05) is 0 Å². The molecule has 0 bridgehead atoms. The number of hydrogen-bond donors (Lipinski definition) is 2. The summed E-state index contributed by atoms with van der Waals surface area (Å²) >= 11 is 0. The summed E-state index contributed by atoms with van der Waals surface area (Å²) in [6, 6.07) is 0.587. The normalized spacial score (nSPS) is 37.9. The van der Waals surface area contributed by atoms with Crippen molar-refractivity contribution in [3.05, 3.63) is 0 Å². The van der Waals surface area contributed by atoms with Gasteiger partial charge in [0.2, 0.25) is 0 Å². The lowest BCUT2D eigenvalue weighted by molar-refractivity contribution is 0.183. The molecule has 1 saturated heterocycles. The van der Waals surface area contributed by atoms with E-state index in [1.165, 1.54) is 19.4 Å². The lowest BCUT2D eigenvalue weighted by atomic mass is 9.82. The van der Waals surface area contributed by atoms with Crippen LogP contribution in [0, 0.1) is 5.92 Å². The van der Waals surface area contributed by atoms with Gasteiger partial charge >= 0.3 is 6.03 Å². The fourth-order valence-electron chi connectivity index (χ4n) is 2.95. The zero-order valence-electron chi connectivity index (χ0n) is 8.70. The second kappa shape index (κ2) is 3.77. The van der Waals surface area contributed by atoms with Gasteiger partial charge in [-0.25, -0.2) is 4.79 Å². The molecule has 1 aliphatic carbocycles. The maximum Gasteiger partial charge on any atom is 0.312 e. The summed E-state index contributed by atoms with van der Waals surface area (Å²) < 4.78 is 0. The molecule has 2 aliphatic rings. The van der Waals surface area contributed by atoms with Gasteiger partial charge in [0, 0.05) is 12.1 Å². The third-order valence-electron chi connectivity index (χ3n) is 3.72. The molecule has 4 heteroatoms.